The molecule has 4 heteroatoms. The van der Waals surface area contributed by atoms with Crippen molar-refractivity contribution in [2.24, 2.45) is 5.41 Å². The molecule has 0 unspecified atom stereocenters. The molecule has 0 radical (unpaired) electrons. The first-order valence-electron chi connectivity index (χ1n) is 6.22. The summed E-state index contributed by atoms with van der Waals surface area (Å²) < 4.78 is 14.9. The Hall–Kier alpha value is -1.71. The van der Waals surface area contributed by atoms with E-state index in [0.717, 1.165) is 24.4 Å². The number of aryl methyl sites for hydroxylation is 1. The van der Waals surface area contributed by atoms with Gasteiger partial charge in [-0.25, -0.2) is 4.39 Å². The smallest absolute Gasteiger partial charge is 0.141 e. The molecular weight excluding hydrogens is 229 g/mol. The molecule has 0 saturated heterocycles. The Morgan fingerprint density at radius 1 is 1.28 bits per heavy atom. The summed E-state index contributed by atoms with van der Waals surface area (Å²) in [6, 6.07) is 5.16. The molecule has 0 aliphatic carbocycles. The third kappa shape index (κ3) is 2.03. The summed E-state index contributed by atoms with van der Waals surface area (Å²) in [4.78, 5) is 4.08. The van der Waals surface area contributed by atoms with Gasteiger partial charge in [-0.15, -0.1) is 0 Å². The van der Waals surface area contributed by atoms with Crippen LogP contribution in [-0.2, 0) is 13.0 Å². The van der Waals surface area contributed by atoms with Crippen LogP contribution >= 0.6 is 0 Å². The minimum Gasteiger partial charge on any atom is -0.268 e. The molecule has 0 aromatic carbocycles. The lowest BCUT2D eigenvalue weighted by molar-refractivity contribution is 0.235. The molecule has 0 fully saturated rings. The Bertz CT molecular complexity index is 569. The van der Waals surface area contributed by atoms with Crippen LogP contribution in [0, 0.1) is 11.2 Å². The molecule has 1 aliphatic heterocycles. The number of fused-ring (bicyclic) bond motifs is 1. The predicted molar refractivity (Wildman–Crippen MR) is 67.5 cm³/mol. The van der Waals surface area contributed by atoms with Crippen molar-refractivity contribution in [2.45, 2.75) is 33.2 Å². The van der Waals surface area contributed by atoms with Gasteiger partial charge in [-0.05, 0) is 36.5 Å². The highest BCUT2D eigenvalue weighted by Gasteiger charge is 2.26. The van der Waals surface area contributed by atoms with Crippen molar-refractivity contribution < 1.29 is 4.39 Å². The Balaban J connectivity index is 1.96. The van der Waals surface area contributed by atoms with Crippen LogP contribution in [0.5, 0.6) is 0 Å². The van der Waals surface area contributed by atoms with Crippen LogP contribution in [0.3, 0.4) is 0 Å². The fourth-order valence-corrected chi connectivity index (χ4v) is 2.40. The zero-order valence-corrected chi connectivity index (χ0v) is 10.7. The van der Waals surface area contributed by atoms with Crippen molar-refractivity contribution in [3.8, 4) is 11.4 Å². The lowest BCUT2D eigenvalue weighted by atomic mass is 9.85. The van der Waals surface area contributed by atoms with Crippen LogP contribution in [0.2, 0.25) is 0 Å². The molecular formula is C14H16FN3. The first-order valence-corrected chi connectivity index (χ1v) is 6.22. The maximum absolute atomic E-state index is 12.8. The van der Waals surface area contributed by atoms with Crippen molar-refractivity contribution in [2.75, 3.05) is 0 Å². The molecule has 18 heavy (non-hydrogen) atoms. The van der Waals surface area contributed by atoms with Crippen molar-refractivity contribution in [3.63, 3.8) is 0 Å². The Morgan fingerprint density at radius 2 is 2.11 bits per heavy atom. The molecule has 0 saturated carbocycles. The minimum atomic E-state index is -0.316. The summed E-state index contributed by atoms with van der Waals surface area (Å²) in [7, 11) is 0. The maximum Gasteiger partial charge on any atom is 0.141 e. The quantitative estimate of drug-likeness (QED) is 0.773. The topological polar surface area (TPSA) is 30.7 Å². The van der Waals surface area contributed by atoms with Crippen molar-refractivity contribution in [1.29, 1.82) is 0 Å². The van der Waals surface area contributed by atoms with Crippen molar-refractivity contribution in [1.82, 2.24) is 14.8 Å². The van der Waals surface area contributed by atoms with Gasteiger partial charge in [0.25, 0.3) is 0 Å². The van der Waals surface area contributed by atoms with E-state index in [1.54, 1.807) is 6.07 Å². The van der Waals surface area contributed by atoms with E-state index in [1.165, 1.54) is 24.4 Å². The number of rotatable bonds is 1. The van der Waals surface area contributed by atoms with Crippen molar-refractivity contribution >= 4 is 0 Å². The summed E-state index contributed by atoms with van der Waals surface area (Å²) in [6.07, 6.45) is 3.45. The van der Waals surface area contributed by atoms with Crippen LogP contribution < -0.4 is 0 Å². The largest absolute Gasteiger partial charge is 0.268 e. The van der Waals surface area contributed by atoms with Gasteiger partial charge in [0.1, 0.15) is 11.5 Å². The number of halogens is 1. The van der Waals surface area contributed by atoms with Gasteiger partial charge in [0.05, 0.1) is 11.9 Å². The molecule has 0 amide bonds. The molecule has 0 bridgehead atoms. The highest BCUT2D eigenvalue weighted by Crippen LogP contribution is 2.31. The van der Waals surface area contributed by atoms with Gasteiger partial charge in [0, 0.05) is 12.2 Å². The zero-order chi connectivity index (χ0) is 12.8. The van der Waals surface area contributed by atoms with Crippen LogP contribution in [0.25, 0.3) is 11.4 Å². The first kappa shape index (κ1) is 11.4. The standard InChI is InChI=1S/C14H16FN3/c1-14(2)6-5-11-7-13(17-18(11)9-14)12-4-3-10(15)8-16-12/h3-4,7-8H,5-6,9H2,1-2H3. The fraction of sp³-hybridized carbons (Fsp3) is 0.429. The Morgan fingerprint density at radius 3 is 2.83 bits per heavy atom. The fourth-order valence-electron chi connectivity index (χ4n) is 2.40. The number of aromatic nitrogens is 3. The molecule has 94 valence electrons. The van der Waals surface area contributed by atoms with E-state index in [4.69, 9.17) is 0 Å². The molecule has 1 aliphatic rings. The summed E-state index contributed by atoms with van der Waals surface area (Å²) >= 11 is 0. The summed E-state index contributed by atoms with van der Waals surface area (Å²) in [5, 5.41) is 4.58. The van der Waals surface area contributed by atoms with Gasteiger partial charge in [-0.2, -0.15) is 5.10 Å². The van der Waals surface area contributed by atoms with Crippen molar-refractivity contribution in [3.05, 3.63) is 35.9 Å². The predicted octanol–water partition coefficient (Wildman–Crippen LogP) is 3.06. The second-order valence-electron chi connectivity index (χ2n) is 5.70. The molecule has 3 heterocycles. The summed E-state index contributed by atoms with van der Waals surface area (Å²) in [5.41, 5.74) is 3.11. The normalized spacial score (nSPS) is 17.5. The van der Waals surface area contributed by atoms with Gasteiger partial charge < -0.3 is 0 Å². The average Bonchev–Trinajstić information content (AvgIpc) is 2.71. The second-order valence-corrected chi connectivity index (χ2v) is 5.70. The van der Waals surface area contributed by atoms with Gasteiger partial charge in [-0.3, -0.25) is 9.67 Å². The molecule has 3 nitrogen and oxygen atoms in total. The number of nitrogens with zero attached hydrogens (tertiary/aromatic N) is 3. The SMILES string of the molecule is CC1(C)CCc2cc(-c3ccc(F)cn3)nn2C1. The summed E-state index contributed by atoms with van der Waals surface area (Å²) in [6.45, 7) is 5.45. The van der Waals surface area contributed by atoms with Crippen LogP contribution in [0.15, 0.2) is 24.4 Å². The maximum atomic E-state index is 12.8. The second kappa shape index (κ2) is 3.90. The van der Waals surface area contributed by atoms with E-state index in [1.807, 2.05) is 0 Å². The Labute approximate surface area is 106 Å². The molecule has 2 aromatic heterocycles. The number of hydrogen-bond donors (Lipinski definition) is 0. The average molecular weight is 245 g/mol. The van der Waals surface area contributed by atoms with Gasteiger partial charge in [0.15, 0.2) is 0 Å². The third-order valence-electron chi connectivity index (χ3n) is 3.49. The van der Waals surface area contributed by atoms with Crippen LogP contribution in [-0.4, -0.2) is 14.8 Å². The van der Waals surface area contributed by atoms with Gasteiger partial charge >= 0.3 is 0 Å². The van der Waals surface area contributed by atoms with E-state index < -0.39 is 0 Å². The van der Waals surface area contributed by atoms with Gasteiger partial charge in [0.2, 0.25) is 0 Å². The van der Waals surface area contributed by atoms with E-state index in [0.29, 0.717) is 5.41 Å². The zero-order valence-electron chi connectivity index (χ0n) is 10.7. The molecule has 0 spiro atoms. The Kier molecular flexibility index (Phi) is 2.47. The highest BCUT2D eigenvalue weighted by atomic mass is 19.1. The number of pyridine rings is 1. The van der Waals surface area contributed by atoms with Gasteiger partial charge in [-0.1, -0.05) is 13.8 Å². The monoisotopic (exact) mass is 245 g/mol. The van der Waals surface area contributed by atoms with E-state index in [-0.39, 0.29) is 5.82 Å². The molecule has 3 rings (SSSR count). The van der Waals surface area contributed by atoms with E-state index >= 15 is 0 Å². The van der Waals surface area contributed by atoms with E-state index in [9.17, 15) is 4.39 Å². The van der Waals surface area contributed by atoms with Crippen LogP contribution in [0.1, 0.15) is 26.0 Å². The highest BCUT2D eigenvalue weighted by molar-refractivity contribution is 5.54. The minimum absolute atomic E-state index is 0.298. The lowest BCUT2D eigenvalue weighted by Gasteiger charge is -2.29. The lowest BCUT2D eigenvalue weighted by Crippen LogP contribution is -2.27. The summed E-state index contributed by atoms with van der Waals surface area (Å²) in [5.74, 6) is -0.316. The molecule has 0 N–H and O–H groups in total. The van der Waals surface area contributed by atoms with E-state index in [2.05, 4.69) is 34.7 Å². The third-order valence-corrected chi connectivity index (χ3v) is 3.49. The first-order chi connectivity index (χ1) is 8.53. The molecule has 0 atom stereocenters. The number of hydrogen-bond acceptors (Lipinski definition) is 2. The van der Waals surface area contributed by atoms with Crippen LogP contribution in [0.4, 0.5) is 4.39 Å². The molecule has 2 aromatic rings.